The molecule has 0 spiro atoms. The summed E-state index contributed by atoms with van der Waals surface area (Å²) in [6.07, 6.45) is 1.72. The summed E-state index contributed by atoms with van der Waals surface area (Å²) in [4.78, 5) is 43.7. The van der Waals surface area contributed by atoms with E-state index in [1.165, 1.54) is 14.2 Å². The molecule has 2 heterocycles. The van der Waals surface area contributed by atoms with E-state index in [-0.39, 0.29) is 17.9 Å². The maximum Gasteiger partial charge on any atom is 0.311 e. The predicted octanol–water partition coefficient (Wildman–Crippen LogP) is 4.13. The average molecular weight is 543 g/mol. The zero-order valence-electron chi connectivity index (χ0n) is 22.7. The second-order valence-corrected chi connectivity index (χ2v) is 10.1. The molecule has 0 aromatic heterocycles. The van der Waals surface area contributed by atoms with Gasteiger partial charge in [0.25, 0.3) is 5.91 Å². The lowest BCUT2D eigenvalue weighted by molar-refractivity contribution is -0.146. The monoisotopic (exact) mass is 542 g/mol. The van der Waals surface area contributed by atoms with E-state index >= 15 is 0 Å². The minimum Gasteiger partial charge on any atom is -0.497 e. The molecule has 0 aliphatic carbocycles. The van der Waals surface area contributed by atoms with Crippen molar-refractivity contribution in [3.8, 4) is 5.75 Å². The van der Waals surface area contributed by atoms with Crippen LogP contribution in [0.15, 0.2) is 84.9 Å². The van der Waals surface area contributed by atoms with Gasteiger partial charge < -0.3 is 24.4 Å². The Kier molecular flexibility index (Phi) is 8.45. The van der Waals surface area contributed by atoms with Crippen LogP contribution in [0.4, 0.5) is 0 Å². The van der Waals surface area contributed by atoms with Crippen molar-refractivity contribution in [2.45, 2.75) is 36.9 Å². The Hall–Kier alpha value is -4.17. The van der Waals surface area contributed by atoms with E-state index in [0.717, 1.165) is 24.0 Å². The van der Waals surface area contributed by atoms with E-state index in [9.17, 15) is 14.4 Å². The van der Waals surface area contributed by atoms with Crippen LogP contribution in [0.2, 0.25) is 0 Å². The molecule has 5 atom stereocenters. The number of carbonyl (C=O) groups is 3. The van der Waals surface area contributed by atoms with Gasteiger partial charge in [-0.2, -0.15) is 0 Å². The molecule has 3 aromatic carbocycles. The fourth-order valence-corrected chi connectivity index (χ4v) is 5.98. The molecule has 8 heteroatoms. The van der Waals surface area contributed by atoms with Crippen LogP contribution in [0.5, 0.6) is 5.75 Å². The summed E-state index contributed by atoms with van der Waals surface area (Å²) in [5.41, 5.74) is 1.87. The molecule has 2 amide bonds. The number of methoxy groups -OCH3 is 2. The van der Waals surface area contributed by atoms with Crippen molar-refractivity contribution in [2.24, 2.45) is 5.92 Å². The van der Waals surface area contributed by atoms with Crippen molar-refractivity contribution in [1.82, 2.24) is 10.2 Å². The lowest BCUT2D eigenvalue weighted by atomic mass is 9.80. The molecule has 8 nitrogen and oxygen atoms in total. The summed E-state index contributed by atoms with van der Waals surface area (Å²) >= 11 is 0. The Morgan fingerprint density at radius 2 is 1.62 bits per heavy atom. The number of hydrogen-bond donors (Lipinski definition) is 1. The number of hydrogen-bond acceptors (Lipinski definition) is 6. The van der Waals surface area contributed by atoms with Crippen LogP contribution in [0.3, 0.4) is 0 Å². The number of rotatable bonds is 8. The number of nitrogens with one attached hydrogen (secondary N) is 1. The normalized spacial score (nSPS) is 23.9. The quantitative estimate of drug-likeness (QED) is 0.431. The topological polar surface area (TPSA) is 94.2 Å². The average Bonchev–Trinajstić information content (AvgIpc) is 3.66. The predicted molar refractivity (Wildman–Crippen MR) is 149 cm³/mol. The second kappa shape index (κ2) is 12.3. The van der Waals surface area contributed by atoms with Crippen molar-refractivity contribution >= 4 is 17.8 Å². The van der Waals surface area contributed by atoms with Crippen LogP contribution < -0.4 is 10.1 Å². The van der Waals surface area contributed by atoms with E-state index < -0.39 is 29.9 Å². The summed E-state index contributed by atoms with van der Waals surface area (Å²) in [6.45, 7) is 0.995. The molecule has 2 aliphatic heterocycles. The second-order valence-electron chi connectivity index (χ2n) is 10.1. The van der Waals surface area contributed by atoms with Crippen molar-refractivity contribution in [1.29, 1.82) is 0 Å². The third-order valence-corrected chi connectivity index (χ3v) is 7.81. The lowest BCUT2D eigenvalue weighted by Gasteiger charge is -2.32. The third-order valence-electron chi connectivity index (χ3n) is 7.81. The Bertz CT molecular complexity index is 1330. The van der Waals surface area contributed by atoms with Gasteiger partial charge in [-0.05, 0) is 42.2 Å². The van der Waals surface area contributed by atoms with Crippen molar-refractivity contribution < 1.29 is 28.6 Å². The van der Waals surface area contributed by atoms with Crippen LogP contribution in [-0.4, -0.2) is 62.2 Å². The zero-order valence-corrected chi connectivity index (χ0v) is 22.7. The number of esters is 1. The first-order chi connectivity index (χ1) is 19.5. The smallest absolute Gasteiger partial charge is 0.311 e. The molecule has 0 radical (unpaired) electrons. The van der Waals surface area contributed by atoms with Crippen LogP contribution in [0, 0.1) is 5.92 Å². The van der Waals surface area contributed by atoms with Crippen LogP contribution in [-0.2, 0) is 19.1 Å². The highest BCUT2D eigenvalue weighted by Gasteiger charge is 2.58. The first kappa shape index (κ1) is 27.4. The molecule has 5 unspecified atom stereocenters. The van der Waals surface area contributed by atoms with Crippen LogP contribution in [0.1, 0.15) is 46.3 Å². The number of amides is 2. The van der Waals surface area contributed by atoms with Crippen molar-refractivity contribution in [2.75, 3.05) is 27.4 Å². The minimum atomic E-state index is -0.989. The Morgan fingerprint density at radius 3 is 2.25 bits per heavy atom. The molecule has 2 aliphatic rings. The number of benzene rings is 3. The maximum absolute atomic E-state index is 14.4. The molecule has 40 heavy (non-hydrogen) atoms. The molecular formula is C32H34N2O6. The number of likely N-dealkylation sites (tertiary alicyclic amines) is 1. The number of carbonyl (C=O) groups excluding carboxylic acids is 3. The molecule has 0 bridgehead atoms. The largest absolute Gasteiger partial charge is 0.497 e. The Balaban J connectivity index is 1.67. The van der Waals surface area contributed by atoms with Gasteiger partial charge >= 0.3 is 5.97 Å². The summed E-state index contributed by atoms with van der Waals surface area (Å²) in [5.74, 6) is -2.17. The fourth-order valence-electron chi connectivity index (χ4n) is 5.98. The zero-order chi connectivity index (χ0) is 28.1. The molecule has 2 saturated heterocycles. The standard InChI is InChI=1S/C32H34N2O6/c1-38-24-16-9-15-23(19-24)31(36)34-28(22-13-7-4-8-14-22)27(32(37)39-2)26(21-11-5-3-6-12-21)29(34)30(35)33-20-25-17-10-18-40-25/h3-9,11-16,19,25-29H,10,17-18,20H2,1-2H3,(H,33,35). The van der Waals surface area contributed by atoms with Gasteiger partial charge in [-0.1, -0.05) is 66.7 Å². The first-order valence-corrected chi connectivity index (χ1v) is 13.6. The number of ether oxygens (including phenoxy) is 3. The summed E-state index contributed by atoms with van der Waals surface area (Å²) in [7, 11) is 2.87. The summed E-state index contributed by atoms with van der Waals surface area (Å²) in [6, 6.07) is 23.8. The lowest BCUT2D eigenvalue weighted by Crippen LogP contribution is -2.50. The minimum absolute atomic E-state index is 0.0793. The highest BCUT2D eigenvalue weighted by molar-refractivity contribution is 6.00. The van der Waals surface area contributed by atoms with Crippen molar-refractivity contribution in [3.05, 3.63) is 102 Å². The maximum atomic E-state index is 14.4. The van der Waals surface area contributed by atoms with E-state index in [4.69, 9.17) is 14.2 Å². The van der Waals surface area contributed by atoms with Gasteiger partial charge in [0, 0.05) is 24.6 Å². The molecule has 2 fully saturated rings. The van der Waals surface area contributed by atoms with Gasteiger partial charge in [-0.3, -0.25) is 14.4 Å². The molecule has 5 rings (SSSR count). The molecular weight excluding hydrogens is 508 g/mol. The Morgan fingerprint density at radius 1 is 0.925 bits per heavy atom. The summed E-state index contributed by atoms with van der Waals surface area (Å²) in [5, 5.41) is 3.04. The van der Waals surface area contributed by atoms with Gasteiger partial charge in [0.1, 0.15) is 11.8 Å². The van der Waals surface area contributed by atoms with Gasteiger partial charge in [0.2, 0.25) is 5.91 Å². The number of nitrogens with zero attached hydrogens (tertiary/aromatic N) is 1. The fraction of sp³-hybridized carbons (Fsp3) is 0.344. The van der Waals surface area contributed by atoms with Crippen LogP contribution in [0.25, 0.3) is 0 Å². The van der Waals surface area contributed by atoms with E-state index in [1.54, 1.807) is 29.2 Å². The molecule has 0 saturated carbocycles. The molecule has 208 valence electrons. The van der Waals surface area contributed by atoms with Gasteiger partial charge in [-0.25, -0.2) is 0 Å². The van der Waals surface area contributed by atoms with Gasteiger partial charge in [0.15, 0.2) is 0 Å². The molecule has 1 N–H and O–H groups in total. The van der Waals surface area contributed by atoms with E-state index in [1.807, 2.05) is 60.7 Å². The van der Waals surface area contributed by atoms with Crippen molar-refractivity contribution in [3.63, 3.8) is 0 Å². The first-order valence-electron chi connectivity index (χ1n) is 13.6. The SMILES string of the molecule is COC(=O)C1C(c2ccccc2)C(C(=O)NCC2CCCO2)N(C(=O)c2cccc(OC)c2)C1c1ccccc1. The highest BCUT2D eigenvalue weighted by Crippen LogP contribution is 2.51. The van der Waals surface area contributed by atoms with Gasteiger partial charge in [0.05, 0.1) is 32.3 Å². The van der Waals surface area contributed by atoms with E-state index in [0.29, 0.717) is 24.5 Å². The highest BCUT2D eigenvalue weighted by atomic mass is 16.5. The summed E-state index contributed by atoms with van der Waals surface area (Å²) < 4.78 is 16.4. The van der Waals surface area contributed by atoms with E-state index in [2.05, 4.69) is 5.32 Å². The Labute approximate surface area is 234 Å². The third kappa shape index (κ3) is 5.45. The van der Waals surface area contributed by atoms with Crippen LogP contribution >= 0.6 is 0 Å². The van der Waals surface area contributed by atoms with Gasteiger partial charge in [-0.15, -0.1) is 0 Å². The molecule has 3 aromatic rings.